The number of hydrogen-bond acceptors (Lipinski definition) is 4. The predicted molar refractivity (Wildman–Crippen MR) is 99.2 cm³/mol. The molecule has 0 bridgehead atoms. The Morgan fingerprint density at radius 2 is 1.83 bits per heavy atom. The Labute approximate surface area is 168 Å². The van der Waals surface area contributed by atoms with Gasteiger partial charge in [-0.3, -0.25) is 9.59 Å². The zero-order valence-electron chi connectivity index (χ0n) is 16.4. The highest BCUT2D eigenvalue weighted by atomic mass is 19.4. The number of aromatic nitrogens is 1. The molecule has 29 heavy (non-hydrogen) atoms. The van der Waals surface area contributed by atoms with Crippen molar-refractivity contribution in [3.8, 4) is 0 Å². The molecule has 2 amide bonds. The highest BCUT2D eigenvalue weighted by Crippen LogP contribution is 2.39. The molecule has 2 saturated carbocycles. The molecule has 0 radical (unpaired) electrons. The van der Waals surface area contributed by atoms with Crippen LogP contribution in [-0.2, 0) is 4.79 Å². The third-order valence-electron chi connectivity index (χ3n) is 6.03. The molecule has 2 fully saturated rings. The van der Waals surface area contributed by atoms with Crippen molar-refractivity contribution in [1.29, 1.82) is 0 Å². The van der Waals surface area contributed by atoms with Crippen LogP contribution < -0.4 is 10.6 Å². The second-order valence-corrected chi connectivity index (χ2v) is 8.16. The van der Waals surface area contributed by atoms with E-state index < -0.39 is 23.9 Å². The van der Waals surface area contributed by atoms with E-state index >= 15 is 0 Å². The summed E-state index contributed by atoms with van der Waals surface area (Å²) in [6.45, 7) is -0.0518. The van der Waals surface area contributed by atoms with Gasteiger partial charge < -0.3 is 15.1 Å². The van der Waals surface area contributed by atoms with Gasteiger partial charge in [0, 0.05) is 12.5 Å². The summed E-state index contributed by atoms with van der Waals surface area (Å²) in [5.74, 6) is -1.62. The van der Waals surface area contributed by atoms with Crippen LogP contribution in [0.4, 0.5) is 13.2 Å². The smallest absolute Gasteiger partial charge is 0.391 e. The van der Waals surface area contributed by atoms with Gasteiger partial charge in [0.2, 0.25) is 5.91 Å². The molecule has 2 aliphatic carbocycles. The molecule has 6 nitrogen and oxygen atoms in total. The van der Waals surface area contributed by atoms with Crippen molar-refractivity contribution in [1.82, 2.24) is 15.6 Å². The Balaban J connectivity index is 1.43. The lowest BCUT2D eigenvalue weighted by Gasteiger charge is -2.30. The number of hydrogen-bond donors (Lipinski definition) is 2. The van der Waals surface area contributed by atoms with Crippen LogP contribution in [0.15, 0.2) is 10.8 Å². The molecular weight excluding hydrogens is 387 g/mol. The molecule has 1 aromatic rings. The number of nitrogens with zero attached hydrogens (tertiary/aromatic N) is 1. The van der Waals surface area contributed by atoms with Gasteiger partial charge in [-0.1, -0.05) is 25.7 Å². The van der Waals surface area contributed by atoms with E-state index in [2.05, 4.69) is 15.6 Å². The second kappa shape index (κ2) is 9.63. The first kappa shape index (κ1) is 21.6. The van der Waals surface area contributed by atoms with Gasteiger partial charge in [-0.25, -0.2) is 4.98 Å². The summed E-state index contributed by atoms with van der Waals surface area (Å²) >= 11 is 0. The minimum Gasteiger partial charge on any atom is -0.447 e. The average Bonchev–Trinajstić information content (AvgIpc) is 3.21. The van der Waals surface area contributed by atoms with Crippen LogP contribution in [0.25, 0.3) is 0 Å². The molecule has 1 aromatic heterocycles. The molecule has 1 heterocycles. The average molecular weight is 415 g/mol. The van der Waals surface area contributed by atoms with Crippen molar-refractivity contribution in [2.75, 3.05) is 13.1 Å². The Kier molecular flexibility index (Phi) is 7.18. The van der Waals surface area contributed by atoms with Gasteiger partial charge in [0.1, 0.15) is 5.76 Å². The van der Waals surface area contributed by atoms with Crippen LogP contribution in [0.5, 0.6) is 0 Å². The fourth-order valence-electron chi connectivity index (χ4n) is 4.42. The third-order valence-corrected chi connectivity index (χ3v) is 6.03. The van der Waals surface area contributed by atoms with Crippen LogP contribution in [-0.4, -0.2) is 36.1 Å². The molecular formula is C20H28F3N3O3. The van der Waals surface area contributed by atoms with Gasteiger partial charge in [0.15, 0.2) is 12.1 Å². The Morgan fingerprint density at radius 1 is 1.07 bits per heavy atom. The summed E-state index contributed by atoms with van der Waals surface area (Å²) in [5.41, 5.74) is 0.213. The molecule has 9 heteroatoms. The van der Waals surface area contributed by atoms with Gasteiger partial charge in [-0.05, 0) is 38.0 Å². The van der Waals surface area contributed by atoms with Crippen LogP contribution in [0.3, 0.4) is 0 Å². The standard InChI is InChI=1S/C20H28F3N3O3/c21-20(22,23)15-8-4-5-13(9-15)10-24-16(27)11-25-19(28)17-18(29-12-26-17)14-6-2-1-3-7-14/h12-15H,1-11H2,(H,24,27)(H,25,28). The maximum atomic E-state index is 12.9. The topological polar surface area (TPSA) is 84.2 Å². The molecule has 2 atom stereocenters. The summed E-state index contributed by atoms with van der Waals surface area (Å²) in [7, 11) is 0. The molecule has 162 valence electrons. The minimum absolute atomic E-state index is 0.0415. The molecule has 0 aliphatic heterocycles. The molecule has 3 rings (SSSR count). The van der Waals surface area contributed by atoms with Crippen molar-refractivity contribution in [2.24, 2.45) is 11.8 Å². The number of amides is 2. The van der Waals surface area contributed by atoms with Crippen LogP contribution >= 0.6 is 0 Å². The summed E-state index contributed by atoms with van der Waals surface area (Å²) in [5, 5.41) is 5.17. The van der Waals surface area contributed by atoms with Crippen LogP contribution in [0, 0.1) is 11.8 Å². The van der Waals surface area contributed by atoms with E-state index in [9.17, 15) is 22.8 Å². The number of carbonyl (C=O) groups excluding carboxylic acids is 2. The maximum absolute atomic E-state index is 12.9. The van der Waals surface area contributed by atoms with Crippen molar-refractivity contribution < 1.29 is 27.2 Å². The SMILES string of the molecule is O=C(CNC(=O)c1ncoc1C1CCCCC1)NCC1CCCC(C(F)(F)F)C1. The monoisotopic (exact) mass is 415 g/mol. The van der Waals surface area contributed by atoms with E-state index in [1.807, 2.05) is 0 Å². The van der Waals surface area contributed by atoms with Gasteiger partial charge in [0.05, 0.1) is 12.5 Å². The van der Waals surface area contributed by atoms with Gasteiger partial charge >= 0.3 is 6.18 Å². The molecule has 2 N–H and O–H groups in total. The fraction of sp³-hybridized carbons (Fsp3) is 0.750. The highest BCUT2D eigenvalue weighted by molar-refractivity contribution is 5.95. The second-order valence-electron chi connectivity index (χ2n) is 8.16. The molecule has 2 unspecified atom stereocenters. The quantitative estimate of drug-likeness (QED) is 0.737. The Bertz CT molecular complexity index is 699. The zero-order chi connectivity index (χ0) is 20.9. The van der Waals surface area contributed by atoms with Gasteiger partial charge in [0.25, 0.3) is 5.91 Å². The van der Waals surface area contributed by atoms with E-state index in [1.54, 1.807) is 0 Å². The van der Waals surface area contributed by atoms with E-state index in [-0.39, 0.29) is 43.5 Å². The normalized spacial score (nSPS) is 23.6. The molecule has 0 saturated heterocycles. The summed E-state index contributed by atoms with van der Waals surface area (Å²) in [4.78, 5) is 28.4. The third kappa shape index (κ3) is 5.96. The summed E-state index contributed by atoms with van der Waals surface area (Å²) < 4.78 is 44.1. The zero-order valence-corrected chi connectivity index (χ0v) is 16.4. The minimum atomic E-state index is -4.18. The maximum Gasteiger partial charge on any atom is 0.391 e. The molecule has 0 spiro atoms. The largest absolute Gasteiger partial charge is 0.447 e. The number of halogens is 3. The fourth-order valence-corrected chi connectivity index (χ4v) is 4.42. The number of rotatable bonds is 6. The van der Waals surface area contributed by atoms with Crippen molar-refractivity contribution >= 4 is 11.8 Å². The number of oxazole rings is 1. The van der Waals surface area contributed by atoms with E-state index in [0.29, 0.717) is 18.6 Å². The first-order chi connectivity index (χ1) is 13.8. The van der Waals surface area contributed by atoms with Crippen molar-refractivity contribution in [3.05, 3.63) is 17.8 Å². The number of carbonyl (C=O) groups is 2. The Morgan fingerprint density at radius 3 is 2.55 bits per heavy atom. The van der Waals surface area contributed by atoms with E-state index in [4.69, 9.17) is 4.42 Å². The molecule has 2 aliphatic rings. The highest BCUT2D eigenvalue weighted by Gasteiger charge is 2.42. The van der Waals surface area contributed by atoms with Crippen molar-refractivity contribution in [3.63, 3.8) is 0 Å². The lowest BCUT2D eigenvalue weighted by Crippen LogP contribution is -2.40. The van der Waals surface area contributed by atoms with Crippen LogP contribution in [0.2, 0.25) is 0 Å². The van der Waals surface area contributed by atoms with E-state index in [0.717, 1.165) is 25.7 Å². The first-order valence-corrected chi connectivity index (χ1v) is 10.4. The van der Waals surface area contributed by atoms with E-state index in [1.165, 1.54) is 12.8 Å². The Hall–Kier alpha value is -2.06. The van der Waals surface area contributed by atoms with Crippen molar-refractivity contribution in [2.45, 2.75) is 69.9 Å². The summed E-state index contributed by atoms with van der Waals surface area (Å²) in [6.07, 6.45) is 3.72. The van der Waals surface area contributed by atoms with Gasteiger partial charge in [-0.2, -0.15) is 13.2 Å². The number of alkyl halides is 3. The van der Waals surface area contributed by atoms with Gasteiger partial charge in [-0.15, -0.1) is 0 Å². The molecule has 0 aromatic carbocycles. The lowest BCUT2D eigenvalue weighted by molar-refractivity contribution is -0.185. The summed E-state index contributed by atoms with van der Waals surface area (Å²) in [6, 6.07) is 0. The first-order valence-electron chi connectivity index (χ1n) is 10.4. The van der Waals surface area contributed by atoms with Crippen LogP contribution in [0.1, 0.15) is 80.0 Å². The number of nitrogens with one attached hydrogen (secondary N) is 2. The predicted octanol–water partition coefficient (Wildman–Crippen LogP) is 3.94. The lowest BCUT2D eigenvalue weighted by atomic mass is 9.81.